The standard InChI is InChI=1S/C28H30N4O4S/c1-34-24-13-18-6-7-31(16-20(18)14-25(24)35-2)17-22-15-23-26(37-22)28(32-8-10-36-11-9-32)30-27(29-23)19-4-3-5-21(33)12-19/h3-5,12-15,33H,6-11,16-17H2,1-2H3. The van der Waals surface area contributed by atoms with Crippen LogP contribution in [0.2, 0.25) is 0 Å². The van der Waals surface area contributed by atoms with E-state index in [4.69, 9.17) is 24.2 Å². The van der Waals surface area contributed by atoms with Gasteiger partial charge in [0.2, 0.25) is 0 Å². The van der Waals surface area contributed by atoms with Crippen molar-refractivity contribution in [2.24, 2.45) is 0 Å². The van der Waals surface area contributed by atoms with Gasteiger partial charge in [-0.05, 0) is 47.9 Å². The molecule has 1 saturated heterocycles. The minimum absolute atomic E-state index is 0.208. The summed E-state index contributed by atoms with van der Waals surface area (Å²) in [5, 5.41) is 10.0. The van der Waals surface area contributed by atoms with Crippen molar-refractivity contribution in [3.63, 3.8) is 0 Å². The minimum atomic E-state index is 0.208. The van der Waals surface area contributed by atoms with Crippen molar-refractivity contribution in [1.82, 2.24) is 14.9 Å². The van der Waals surface area contributed by atoms with E-state index in [2.05, 4.69) is 28.0 Å². The first kappa shape index (κ1) is 24.0. The maximum atomic E-state index is 10.0. The van der Waals surface area contributed by atoms with Gasteiger partial charge < -0.3 is 24.2 Å². The van der Waals surface area contributed by atoms with Crippen molar-refractivity contribution in [2.75, 3.05) is 52.0 Å². The molecule has 1 N–H and O–H groups in total. The number of thiophene rings is 1. The molecule has 0 unspecified atom stereocenters. The van der Waals surface area contributed by atoms with E-state index in [-0.39, 0.29) is 5.75 Å². The molecule has 0 amide bonds. The molecule has 4 aromatic rings. The van der Waals surface area contributed by atoms with Crippen LogP contribution in [-0.4, -0.2) is 67.0 Å². The third-order valence-corrected chi connectivity index (χ3v) is 8.10. The summed E-state index contributed by atoms with van der Waals surface area (Å²) in [6.07, 6.45) is 0.973. The van der Waals surface area contributed by atoms with Crippen LogP contribution in [0.4, 0.5) is 5.82 Å². The number of morpholine rings is 1. The van der Waals surface area contributed by atoms with Gasteiger partial charge in [0.25, 0.3) is 0 Å². The molecule has 0 aliphatic carbocycles. The largest absolute Gasteiger partial charge is 0.508 e. The number of anilines is 1. The second kappa shape index (κ2) is 10.2. The number of fused-ring (bicyclic) bond motifs is 2. The molecule has 0 spiro atoms. The molecule has 0 saturated carbocycles. The van der Waals surface area contributed by atoms with Crippen LogP contribution in [0.15, 0.2) is 42.5 Å². The van der Waals surface area contributed by atoms with Crippen LogP contribution >= 0.6 is 11.3 Å². The van der Waals surface area contributed by atoms with E-state index in [0.717, 1.165) is 72.2 Å². The molecule has 6 rings (SSSR count). The van der Waals surface area contributed by atoms with Crippen molar-refractivity contribution in [3.8, 4) is 28.6 Å². The van der Waals surface area contributed by atoms with Gasteiger partial charge in [0, 0.05) is 43.2 Å². The summed E-state index contributed by atoms with van der Waals surface area (Å²) in [6, 6.07) is 13.5. The van der Waals surface area contributed by atoms with Crippen molar-refractivity contribution in [3.05, 3.63) is 58.5 Å². The second-order valence-corrected chi connectivity index (χ2v) is 10.5. The fraction of sp³-hybridized carbons (Fsp3) is 0.357. The lowest BCUT2D eigenvalue weighted by Gasteiger charge is -2.29. The third-order valence-electron chi connectivity index (χ3n) is 7.00. The van der Waals surface area contributed by atoms with Gasteiger partial charge in [-0.3, -0.25) is 4.90 Å². The zero-order chi connectivity index (χ0) is 25.4. The molecule has 0 atom stereocenters. The lowest BCUT2D eigenvalue weighted by Crippen LogP contribution is -2.36. The Morgan fingerprint density at radius 3 is 2.51 bits per heavy atom. The van der Waals surface area contributed by atoms with Crippen LogP contribution in [0.25, 0.3) is 21.6 Å². The average molecular weight is 519 g/mol. The highest BCUT2D eigenvalue weighted by Gasteiger charge is 2.23. The number of aromatic hydroxyl groups is 1. The molecule has 2 aromatic carbocycles. The molecular weight excluding hydrogens is 488 g/mol. The highest BCUT2D eigenvalue weighted by Crippen LogP contribution is 2.37. The predicted octanol–water partition coefficient (Wildman–Crippen LogP) is 4.48. The number of hydrogen-bond donors (Lipinski definition) is 1. The van der Waals surface area contributed by atoms with E-state index < -0.39 is 0 Å². The lowest BCUT2D eigenvalue weighted by atomic mass is 9.99. The molecule has 2 aromatic heterocycles. The fourth-order valence-electron chi connectivity index (χ4n) is 5.10. The quantitative estimate of drug-likeness (QED) is 0.400. The minimum Gasteiger partial charge on any atom is -0.508 e. The van der Waals surface area contributed by atoms with Crippen LogP contribution < -0.4 is 14.4 Å². The number of phenols is 1. The highest BCUT2D eigenvalue weighted by molar-refractivity contribution is 7.19. The molecule has 2 aliphatic rings. The molecule has 9 heteroatoms. The van der Waals surface area contributed by atoms with Crippen molar-refractivity contribution in [2.45, 2.75) is 19.5 Å². The summed E-state index contributed by atoms with van der Waals surface area (Å²) in [5.74, 6) is 3.34. The SMILES string of the molecule is COc1cc2c(cc1OC)CN(Cc1cc3nc(-c4cccc(O)c4)nc(N4CCOCC4)c3s1)CC2. The maximum Gasteiger partial charge on any atom is 0.162 e. The summed E-state index contributed by atoms with van der Waals surface area (Å²) in [4.78, 5) is 15.9. The summed E-state index contributed by atoms with van der Waals surface area (Å²) in [6.45, 7) is 5.66. The zero-order valence-corrected chi connectivity index (χ0v) is 21.9. The van der Waals surface area contributed by atoms with Gasteiger partial charge in [0.1, 0.15) is 5.75 Å². The van der Waals surface area contributed by atoms with E-state index in [1.54, 1.807) is 37.7 Å². The van der Waals surface area contributed by atoms with Gasteiger partial charge in [0.15, 0.2) is 23.1 Å². The Labute approximate surface area is 220 Å². The Balaban J connectivity index is 1.32. The van der Waals surface area contributed by atoms with Crippen molar-refractivity contribution < 1.29 is 19.3 Å². The normalized spacial score (nSPS) is 16.1. The number of aromatic nitrogens is 2. The van der Waals surface area contributed by atoms with Crippen molar-refractivity contribution >= 4 is 27.4 Å². The molecule has 37 heavy (non-hydrogen) atoms. The number of phenolic OH excluding ortho intramolecular Hbond substituents is 1. The zero-order valence-electron chi connectivity index (χ0n) is 21.1. The molecule has 2 aliphatic heterocycles. The van der Waals surface area contributed by atoms with Crippen molar-refractivity contribution in [1.29, 1.82) is 0 Å². The first-order chi connectivity index (χ1) is 18.1. The molecule has 8 nitrogen and oxygen atoms in total. The van der Waals surface area contributed by atoms with E-state index >= 15 is 0 Å². The topological polar surface area (TPSA) is 80.2 Å². The summed E-state index contributed by atoms with van der Waals surface area (Å²) >= 11 is 1.77. The smallest absolute Gasteiger partial charge is 0.162 e. The van der Waals surface area contributed by atoms with Crippen LogP contribution in [0.3, 0.4) is 0 Å². The third kappa shape index (κ3) is 4.82. The van der Waals surface area contributed by atoms with Gasteiger partial charge in [-0.1, -0.05) is 12.1 Å². The molecule has 0 radical (unpaired) electrons. The van der Waals surface area contributed by atoms with E-state index in [1.807, 2.05) is 12.1 Å². The molecule has 1 fully saturated rings. The van der Waals surface area contributed by atoms with Crippen LogP contribution in [-0.2, 0) is 24.2 Å². The maximum absolute atomic E-state index is 10.0. The van der Waals surface area contributed by atoms with E-state index in [1.165, 1.54) is 16.0 Å². The van der Waals surface area contributed by atoms with Gasteiger partial charge in [0.05, 0.1) is 37.6 Å². The number of rotatable bonds is 6. The molecule has 4 heterocycles. The van der Waals surface area contributed by atoms with Gasteiger partial charge in [-0.2, -0.15) is 0 Å². The molecular formula is C28H30N4O4S. The first-order valence-corrected chi connectivity index (χ1v) is 13.3. The Hall–Kier alpha value is -3.40. The lowest BCUT2D eigenvalue weighted by molar-refractivity contribution is 0.122. The summed E-state index contributed by atoms with van der Waals surface area (Å²) < 4.78 is 17.7. The number of ether oxygens (including phenoxy) is 3. The van der Waals surface area contributed by atoms with Crippen LogP contribution in [0.5, 0.6) is 17.2 Å². The Morgan fingerprint density at radius 2 is 1.76 bits per heavy atom. The molecule has 192 valence electrons. The Kier molecular flexibility index (Phi) is 6.58. The summed E-state index contributed by atoms with van der Waals surface area (Å²) in [5.41, 5.74) is 4.35. The van der Waals surface area contributed by atoms with Crippen LogP contribution in [0.1, 0.15) is 16.0 Å². The molecule has 0 bridgehead atoms. The Bertz CT molecular complexity index is 1430. The fourth-order valence-corrected chi connectivity index (χ4v) is 6.26. The highest BCUT2D eigenvalue weighted by atomic mass is 32.1. The van der Waals surface area contributed by atoms with E-state index in [9.17, 15) is 5.11 Å². The Morgan fingerprint density at radius 1 is 0.973 bits per heavy atom. The predicted molar refractivity (Wildman–Crippen MR) is 145 cm³/mol. The van der Waals surface area contributed by atoms with Gasteiger partial charge >= 0.3 is 0 Å². The number of methoxy groups -OCH3 is 2. The average Bonchev–Trinajstić information content (AvgIpc) is 3.34. The monoisotopic (exact) mass is 518 g/mol. The number of benzene rings is 2. The first-order valence-electron chi connectivity index (χ1n) is 12.5. The van der Waals surface area contributed by atoms with E-state index in [0.29, 0.717) is 19.0 Å². The second-order valence-electron chi connectivity index (χ2n) is 9.38. The van der Waals surface area contributed by atoms with Gasteiger partial charge in [-0.15, -0.1) is 11.3 Å². The van der Waals surface area contributed by atoms with Crippen LogP contribution in [0, 0.1) is 0 Å². The summed E-state index contributed by atoms with van der Waals surface area (Å²) in [7, 11) is 3.36. The number of hydrogen-bond acceptors (Lipinski definition) is 9. The number of nitrogens with zero attached hydrogens (tertiary/aromatic N) is 4. The van der Waals surface area contributed by atoms with Gasteiger partial charge in [-0.25, -0.2) is 9.97 Å².